The monoisotopic (exact) mass is 459 g/mol. The Morgan fingerprint density at radius 1 is 0.971 bits per heavy atom. The number of benzene rings is 2. The molecule has 11 heteroatoms. The van der Waals surface area contributed by atoms with Crippen LogP contribution >= 0.6 is 0 Å². The standard InChI is InChI=1S/C23H21N7O4/c1-31-16-5-3-15(4-6-16)18-13-22(28-27-18)34-23-17-11-20(32-2)21(12-19(17)24-14-25-23)33-10-9-30-8-7-26-29-30/h3-8,11-14H,9-10H2,1-2H3,(H,27,28). The third kappa shape index (κ3) is 4.44. The number of hydrogen-bond acceptors (Lipinski definition) is 9. The fourth-order valence-corrected chi connectivity index (χ4v) is 3.37. The van der Waals surface area contributed by atoms with Crippen LogP contribution < -0.4 is 18.9 Å². The molecule has 5 rings (SSSR count). The first-order valence-electron chi connectivity index (χ1n) is 10.4. The molecule has 0 saturated carbocycles. The second-order valence-corrected chi connectivity index (χ2v) is 7.16. The number of aromatic nitrogens is 7. The van der Waals surface area contributed by atoms with Crippen molar-refractivity contribution in [1.29, 1.82) is 0 Å². The van der Waals surface area contributed by atoms with Gasteiger partial charge in [-0.2, -0.15) is 0 Å². The van der Waals surface area contributed by atoms with E-state index in [1.165, 1.54) is 6.33 Å². The summed E-state index contributed by atoms with van der Waals surface area (Å²) < 4.78 is 24.3. The number of aromatic amines is 1. The molecule has 0 fully saturated rings. The number of hydrogen-bond donors (Lipinski definition) is 1. The predicted octanol–water partition coefficient (Wildman–Crippen LogP) is 3.50. The summed E-state index contributed by atoms with van der Waals surface area (Å²) in [6.07, 6.45) is 4.82. The Morgan fingerprint density at radius 3 is 2.62 bits per heavy atom. The van der Waals surface area contributed by atoms with Gasteiger partial charge in [0.2, 0.25) is 11.8 Å². The van der Waals surface area contributed by atoms with E-state index >= 15 is 0 Å². The quantitative estimate of drug-likeness (QED) is 0.353. The van der Waals surface area contributed by atoms with Gasteiger partial charge in [0, 0.05) is 18.3 Å². The zero-order chi connectivity index (χ0) is 23.3. The average Bonchev–Trinajstić information content (AvgIpc) is 3.56. The maximum Gasteiger partial charge on any atom is 0.240 e. The fraction of sp³-hybridized carbons (Fsp3) is 0.174. The van der Waals surface area contributed by atoms with Crippen molar-refractivity contribution in [3.8, 4) is 40.3 Å². The summed E-state index contributed by atoms with van der Waals surface area (Å²) in [7, 11) is 3.21. The molecule has 0 amide bonds. The summed E-state index contributed by atoms with van der Waals surface area (Å²) >= 11 is 0. The highest BCUT2D eigenvalue weighted by Gasteiger charge is 2.15. The molecule has 0 spiro atoms. The first kappa shape index (κ1) is 21.2. The minimum atomic E-state index is 0.352. The molecule has 0 bridgehead atoms. The SMILES string of the molecule is COc1ccc(-c2cc(Oc3ncnc4cc(OCCn5ccnn5)c(OC)cc34)n[nH]2)cc1. The van der Waals surface area contributed by atoms with Gasteiger partial charge in [-0.1, -0.05) is 5.21 Å². The smallest absolute Gasteiger partial charge is 0.240 e. The van der Waals surface area contributed by atoms with Gasteiger partial charge < -0.3 is 18.9 Å². The van der Waals surface area contributed by atoms with E-state index in [0.29, 0.717) is 47.3 Å². The maximum absolute atomic E-state index is 5.98. The second kappa shape index (κ2) is 9.45. The van der Waals surface area contributed by atoms with Crippen molar-refractivity contribution >= 4 is 10.9 Å². The van der Waals surface area contributed by atoms with Crippen LogP contribution in [0, 0.1) is 0 Å². The van der Waals surface area contributed by atoms with Gasteiger partial charge in [-0.15, -0.1) is 10.2 Å². The summed E-state index contributed by atoms with van der Waals surface area (Å²) in [5, 5.41) is 15.6. The Bertz CT molecular complexity index is 1380. The van der Waals surface area contributed by atoms with Gasteiger partial charge in [-0.25, -0.2) is 14.6 Å². The Balaban J connectivity index is 1.36. The summed E-state index contributed by atoms with van der Waals surface area (Å²) in [6, 6.07) is 13.0. The Kier molecular flexibility index (Phi) is 5.89. The third-order valence-corrected chi connectivity index (χ3v) is 5.09. The van der Waals surface area contributed by atoms with Crippen molar-refractivity contribution in [3.63, 3.8) is 0 Å². The molecule has 5 aromatic rings. The number of nitrogens with zero attached hydrogens (tertiary/aromatic N) is 6. The Hall–Kier alpha value is -4.67. The average molecular weight is 459 g/mol. The zero-order valence-corrected chi connectivity index (χ0v) is 18.5. The molecule has 0 radical (unpaired) electrons. The zero-order valence-electron chi connectivity index (χ0n) is 18.5. The van der Waals surface area contributed by atoms with E-state index in [2.05, 4.69) is 30.5 Å². The van der Waals surface area contributed by atoms with Gasteiger partial charge in [-0.05, 0) is 35.9 Å². The van der Waals surface area contributed by atoms with Crippen LogP contribution in [0.15, 0.2) is 61.2 Å². The first-order valence-corrected chi connectivity index (χ1v) is 10.4. The van der Waals surface area contributed by atoms with E-state index in [4.69, 9.17) is 18.9 Å². The van der Waals surface area contributed by atoms with E-state index in [9.17, 15) is 0 Å². The molecule has 1 N–H and O–H groups in total. The van der Waals surface area contributed by atoms with Gasteiger partial charge >= 0.3 is 0 Å². The molecule has 11 nitrogen and oxygen atoms in total. The molecule has 172 valence electrons. The largest absolute Gasteiger partial charge is 0.497 e. The minimum Gasteiger partial charge on any atom is -0.497 e. The number of ether oxygens (including phenoxy) is 4. The van der Waals surface area contributed by atoms with Crippen LogP contribution in [-0.4, -0.2) is 56.0 Å². The topological polar surface area (TPSA) is 122 Å². The number of nitrogens with one attached hydrogen (secondary N) is 1. The lowest BCUT2D eigenvalue weighted by Gasteiger charge is -2.12. The van der Waals surface area contributed by atoms with Gasteiger partial charge in [0.1, 0.15) is 18.7 Å². The van der Waals surface area contributed by atoms with Crippen LogP contribution in [0.5, 0.6) is 29.0 Å². The van der Waals surface area contributed by atoms with Crippen LogP contribution in [0.2, 0.25) is 0 Å². The fourth-order valence-electron chi connectivity index (χ4n) is 3.37. The van der Waals surface area contributed by atoms with E-state index in [0.717, 1.165) is 17.0 Å². The molecular weight excluding hydrogens is 438 g/mol. The summed E-state index contributed by atoms with van der Waals surface area (Å²) in [5.41, 5.74) is 2.40. The number of H-pyrrole nitrogens is 1. The van der Waals surface area contributed by atoms with Crippen molar-refractivity contribution in [2.24, 2.45) is 0 Å². The molecule has 0 atom stereocenters. The van der Waals surface area contributed by atoms with Crippen LogP contribution in [0.25, 0.3) is 22.2 Å². The van der Waals surface area contributed by atoms with Crippen LogP contribution in [0.1, 0.15) is 0 Å². The molecule has 34 heavy (non-hydrogen) atoms. The lowest BCUT2D eigenvalue weighted by molar-refractivity contribution is 0.273. The second-order valence-electron chi connectivity index (χ2n) is 7.16. The van der Waals surface area contributed by atoms with Crippen molar-refractivity contribution in [2.45, 2.75) is 6.54 Å². The highest BCUT2D eigenvalue weighted by Crippen LogP contribution is 2.36. The Morgan fingerprint density at radius 2 is 1.85 bits per heavy atom. The highest BCUT2D eigenvalue weighted by atomic mass is 16.5. The van der Waals surface area contributed by atoms with Crippen molar-refractivity contribution < 1.29 is 18.9 Å². The van der Waals surface area contributed by atoms with E-state index in [1.807, 2.05) is 24.3 Å². The lowest BCUT2D eigenvalue weighted by atomic mass is 10.1. The maximum atomic E-state index is 5.98. The van der Waals surface area contributed by atoms with Gasteiger partial charge in [0.15, 0.2) is 11.5 Å². The van der Waals surface area contributed by atoms with Crippen molar-refractivity contribution in [1.82, 2.24) is 35.2 Å². The third-order valence-electron chi connectivity index (χ3n) is 5.09. The number of rotatable bonds is 9. The molecule has 2 aromatic carbocycles. The molecule has 3 aromatic heterocycles. The molecule has 3 heterocycles. The normalized spacial score (nSPS) is 10.9. The molecule has 0 aliphatic rings. The van der Waals surface area contributed by atoms with Crippen LogP contribution in [0.4, 0.5) is 0 Å². The van der Waals surface area contributed by atoms with Crippen LogP contribution in [0.3, 0.4) is 0 Å². The van der Waals surface area contributed by atoms with Gasteiger partial charge in [0.25, 0.3) is 0 Å². The van der Waals surface area contributed by atoms with E-state index < -0.39 is 0 Å². The van der Waals surface area contributed by atoms with Crippen molar-refractivity contribution in [2.75, 3.05) is 20.8 Å². The van der Waals surface area contributed by atoms with Gasteiger partial charge in [0.05, 0.1) is 43.6 Å². The molecule has 0 aliphatic heterocycles. The minimum absolute atomic E-state index is 0.352. The van der Waals surface area contributed by atoms with Crippen molar-refractivity contribution in [3.05, 3.63) is 61.2 Å². The summed E-state index contributed by atoms with van der Waals surface area (Å²) in [5.74, 6) is 2.60. The van der Waals surface area contributed by atoms with Gasteiger partial charge in [-0.3, -0.25) is 5.10 Å². The van der Waals surface area contributed by atoms with Crippen LogP contribution in [-0.2, 0) is 6.54 Å². The van der Waals surface area contributed by atoms with E-state index in [1.54, 1.807) is 49.5 Å². The highest BCUT2D eigenvalue weighted by molar-refractivity contribution is 5.87. The summed E-state index contributed by atoms with van der Waals surface area (Å²) in [4.78, 5) is 8.64. The molecular formula is C23H21N7O4. The molecule has 0 saturated heterocycles. The first-order chi connectivity index (χ1) is 16.7. The summed E-state index contributed by atoms with van der Waals surface area (Å²) in [6.45, 7) is 0.941. The molecule has 0 aliphatic carbocycles. The van der Waals surface area contributed by atoms with E-state index in [-0.39, 0.29) is 0 Å². The molecule has 0 unspecified atom stereocenters. The predicted molar refractivity (Wildman–Crippen MR) is 122 cm³/mol. The lowest BCUT2D eigenvalue weighted by Crippen LogP contribution is -2.09. The number of fused-ring (bicyclic) bond motifs is 1. The Labute approximate surface area is 194 Å². The number of methoxy groups -OCH3 is 2.